The maximum atomic E-state index is 5.73. The summed E-state index contributed by atoms with van der Waals surface area (Å²) in [4.78, 5) is 4.69. The Morgan fingerprint density at radius 1 is 1.32 bits per heavy atom. The molecule has 1 atom stereocenters. The van der Waals surface area contributed by atoms with Gasteiger partial charge in [-0.1, -0.05) is 12.1 Å². The normalized spacial score (nSPS) is 17.1. The Morgan fingerprint density at radius 3 is 2.84 bits per heavy atom. The van der Waals surface area contributed by atoms with E-state index >= 15 is 0 Å². The summed E-state index contributed by atoms with van der Waals surface area (Å²) in [6, 6.07) is 6.27. The SMILES string of the molecule is CCNC(=NCc1ccc(C)cc1OCC)NCCC1CCCO1.I. The maximum absolute atomic E-state index is 5.73. The molecule has 1 fully saturated rings. The molecule has 1 aromatic carbocycles. The minimum Gasteiger partial charge on any atom is -0.494 e. The second kappa shape index (κ2) is 12.4. The van der Waals surface area contributed by atoms with Crippen molar-refractivity contribution >= 4 is 29.9 Å². The molecule has 0 radical (unpaired) electrons. The van der Waals surface area contributed by atoms with Crippen LogP contribution in [-0.2, 0) is 11.3 Å². The van der Waals surface area contributed by atoms with Gasteiger partial charge in [-0.05, 0) is 51.7 Å². The van der Waals surface area contributed by atoms with Crippen molar-refractivity contribution in [2.45, 2.75) is 52.7 Å². The number of rotatable bonds is 8. The molecule has 1 aliphatic rings. The molecule has 1 heterocycles. The Kier molecular flexibility index (Phi) is 10.9. The summed E-state index contributed by atoms with van der Waals surface area (Å²) in [5.41, 5.74) is 2.31. The van der Waals surface area contributed by atoms with E-state index in [2.05, 4.69) is 42.7 Å². The van der Waals surface area contributed by atoms with Crippen molar-refractivity contribution in [2.24, 2.45) is 4.99 Å². The Bertz CT molecular complexity index is 531. The first kappa shape index (κ1) is 22.0. The predicted molar refractivity (Wildman–Crippen MR) is 114 cm³/mol. The zero-order chi connectivity index (χ0) is 17.2. The molecular weight excluding hydrogens is 429 g/mol. The van der Waals surface area contributed by atoms with Gasteiger partial charge in [0.2, 0.25) is 0 Å². The molecule has 0 aromatic heterocycles. The number of halogens is 1. The first-order valence-electron chi connectivity index (χ1n) is 9.09. The number of hydrogen-bond acceptors (Lipinski definition) is 3. The van der Waals surface area contributed by atoms with Crippen molar-refractivity contribution < 1.29 is 9.47 Å². The number of nitrogens with one attached hydrogen (secondary N) is 2. The summed E-state index contributed by atoms with van der Waals surface area (Å²) in [6.07, 6.45) is 3.80. The fourth-order valence-corrected chi connectivity index (χ4v) is 2.81. The molecule has 1 aliphatic heterocycles. The Balaban J connectivity index is 0.00000312. The maximum Gasteiger partial charge on any atom is 0.191 e. The van der Waals surface area contributed by atoms with Crippen molar-refractivity contribution in [1.82, 2.24) is 10.6 Å². The van der Waals surface area contributed by atoms with E-state index in [9.17, 15) is 0 Å². The predicted octanol–water partition coefficient (Wildman–Crippen LogP) is 3.64. The van der Waals surface area contributed by atoms with Gasteiger partial charge in [-0.15, -0.1) is 24.0 Å². The van der Waals surface area contributed by atoms with Crippen LogP contribution in [0.25, 0.3) is 0 Å². The van der Waals surface area contributed by atoms with Gasteiger partial charge < -0.3 is 20.1 Å². The van der Waals surface area contributed by atoms with E-state index in [-0.39, 0.29) is 24.0 Å². The number of guanidine groups is 1. The van der Waals surface area contributed by atoms with Gasteiger partial charge in [0.05, 0.1) is 19.3 Å². The van der Waals surface area contributed by atoms with Crippen LogP contribution >= 0.6 is 24.0 Å². The van der Waals surface area contributed by atoms with Crippen LogP contribution in [0.1, 0.15) is 44.2 Å². The molecule has 0 bridgehead atoms. The lowest BCUT2D eigenvalue weighted by Gasteiger charge is -2.14. The number of ether oxygens (including phenoxy) is 2. The Morgan fingerprint density at radius 2 is 2.16 bits per heavy atom. The summed E-state index contributed by atoms with van der Waals surface area (Å²) < 4.78 is 11.4. The van der Waals surface area contributed by atoms with Gasteiger partial charge in [0.15, 0.2) is 5.96 Å². The van der Waals surface area contributed by atoms with Crippen molar-refractivity contribution in [3.8, 4) is 5.75 Å². The molecular formula is C19H32IN3O2. The number of aryl methyl sites for hydroxylation is 1. The van der Waals surface area contributed by atoms with Crippen LogP contribution < -0.4 is 15.4 Å². The highest BCUT2D eigenvalue weighted by Crippen LogP contribution is 2.21. The molecule has 1 aromatic rings. The summed E-state index contributed by atoms with van der Waals surface area (Å²) in [7, 11) is 0. The van der Waals surface area contributed by atoms with E-state index in [1.54, 1.807) is 0 Å². The molecule has 2 rings (SSSR count). The third kappa shape index (κ3) is 7.81. The van der Waals surface area contributed by atoms with Gasteiger partial charge in [-0.3, -0.25) is 0 Å². The minimum atomic E-state index is 0. The molecule has 0 spiro atoms. The van der Waals surface area contributed by atoms with Crippen LogP contribution in [0.15, 0.2) is 23.2 Å². The molecule has 0 saturated carbocycles. The van der Waals surface area contributed by atoms with E-state index in [0.29, 0.717) is 19.3 Å². The van der Waals surface area contributed by atoms with Crippen molar-refractivity contribution in [3.63, 3.8) is 0 Å². The van der Waals surface area contributed by atoms with Crippen molar-refractivity contribution in [2.75, 3.05) is 26.3 Å². The number of aliphatic imine (C=N–C) groups is 1. The second-order valence-corrected chi connectivity index (χ2v) is 6.09. The molecule has 0 aliphatic carbocycles. The average molecular weight is 461 g/mol. The van der Waals surface area contributed by atoms with Crippen LogP contribution in [0.5, 0.6) is 5.75 Å². The van der Waals surface area contributed by atoms with Crippen molar-refractivity contribution in [3.05, 3.63) is 29.3 Å². The smallest absolute Gasteiger partial charge is 0.191 e. The molecule has 142 valence electrons. The summed E-state index contributed by atoms with van der Waals surface area (Å²) in [5.74, 6) is 1.77. The van der Waals surface area contributed by atoms with Gasteiger partial charge in [-0.25, -0.2) is 4.99 Å². The number of benzene rings is 1. The summed E-state index contributed by atoms with van der Waals surface area (Å²) in [5, 5.41) is 6.70. The molecule has 1 unspecified atom stereocenters. The fourth-order valence-electron chi connectivity index (χ4n) is 2.81. The Labute approximate surface area is 169 Å². The molecule has 25 heavy (non-hydrogen) atoms. The highest BCUT2D eigenvalue weighted by atomic mass is 127. The van der Waals surface area contributed by atoms with E-state index in [1.807, 2.05) is 6.92 Å². The van der Waals surface area contributed by atoms with Crippen LogP contribution in [0, 0.1) is 6.92 Å². The standard InChI is InChI=1S/C19H31N3O2.HI/c1-4-20-19(21-11-10-17-7-6-12-24-17)22-14-16-9-8-15(3)13-18(16)23-5-2;/h8-9,13,17H,4-7,10-12,14H2,1-3H3,(H2,20,21,22);1H. The molecule has 0 amide bonds. The largest absolute Gasteiger partial charge is 0.494 e. The molecule has 1 saturated heterocycles. The van der Waals surface area contributed by atoms with E-state index < -0.39 is 0 Å². The summed E-state index contributed by atoms with van der Waals surface area (Å²) >= 11 is 0. The van der Waals surface area contributed by atoms with Crippen LogP contribution in [0.4, 0.5) is 0 Å². The van der Waals surface area contributed by atoms with E-state index in [0.717, 1.165) is 43.4 Å². The van der Waals surface area contributed by atoms with Gasteiger partial charge in [0.25, 0.3) is 0 Å². The zero-order valence-corrected chi connectivity index (χ0v) is 18.0. The highest BCUT2D eigenvalue weighted by Gasteiger charge is 2.14. The lowest BCUT2D eigenvalue weighted by atomic mass is 10.1. The monoisotopic (exact) mass is 461 g/mol. The van der Waals surface area contributed by atoms with Crippen molar-refractivity contribution in [1.29, 1.82) is 0 Å². The van der Waals surface area contributed by atoms with E-state index in [4.69, 9.17) is 14.5 Å². The van der Waals surface area contributed by atoms with Gasteiger partial charge in [0, 0.05) is 25.3 Å². The minimum absolute atomic E-state index is 0. The zero-order valence-electron chi connectivity index (χ0n) is 15.6. The van der Waals surface area contributed by atoms with Crippen LogP contribution in [0.2, 0.25) is 0 Å². The topological polar surface area (TPSA) is 54.9 Å². The first-order valence-corrected chi connectivity index (χ1v) is 9.09. The van der Waals surface area contributed by atoms with E-state index in [1.165, 1.54) is 18.4 Å². The molecule has 6 heteroatoms. The second-order valence-electron chi connectivity index (χ2n) is 6.09. The van der Waals surface area contributed by atoms with Crippen LogP contribution in [0.3, 0.4) is 0 Å². The highest BCUT2D eigenvalue weighted by molar-refractivity contribution is 14.0. The first-order chi connectivity index (χ1) is 11.7. The van der Waals surface area contributed by atoms with Gasteiger partial charge >= 0.3 is 0 Å². The third-order valence-corrected chi connectivity index (χ3v) is 4.06. The number of nitrogens with zero attached hydrogens (tertiary/aromatic N) is 1. The lowest BCUT2D eigenvalue weighted by molar-refractivity contribution is 0.105. The third-order valence-electron chi connectivity index (χ3n) is 4.06. The lowest BCUT2D eigenvalue weighted by Crippen LogP contribution is -2.38. The van der Waals surface area contributed by atoms with Crippen LogP contribution in [-0.4, -0.2) is 38.4 Å². The quantitative estimate of drug-likeness (QED) is 0.353. The number of hydrogen-bond donors (Lipinski definition) is 2. The fraction of sp³-hybridized carbons (Fsp3) is 0.632. The summed E-state index contributed by atoms with van der Waals surface area (Å²) in [6.45, 7) is 10.1. The van der Waals surface area contributed by atoms with Gasteiger partial charge in [0.1, 0.15) is 5.75 Å². The molecule has 5 nitrogen and oxygen atoms in total. The molecule has 2 N–H and O–H groups in total. The Hall–Kier alpha value is -1.02. The average Bonchev–Trinajstić information content (AvgIpc) is 3.07. The van der Waals surface area contributed by atoms with Gasteiger partial charge in [-0.2, -0.15) is 0 Å².